The fourth-order valence-corrected chi connectivity index (χ4v) is 6.21. The van der Waals surface area contributed by atoms with Crippen molar-refractivity contribution in [1.82, 2.24) is 0 Å². The third kappa shape index (κ3) is 37.8. The Morgan fingerprint density at radius 3 is 0.780 bits per heavy atom. The molecule has 0 aromatic heterocycles. The van der Waals surface area contributed by atoms with E-state index < -0.39 is 10.4 Å². The van der Waals surface area contributed by atoms with E-state index in [1.165, 1.54) is 204 Å². The van der Waals surface area contributed by atoms with Crippen LogP contribution < -0.4 is 0 Å². The summed E-state index contributed by atoms with van der Waals surface area (Å²) in [4.78, 5) is 0. The van der Waals surface area contributed by atoms with Gasteiger partial charge in [-0.15, -0.1) is 0 Å². The fraction of sp³-hybridized carbons (Fsp3) is 1.00. The van der Waals surface area contributed by atoms with Gasteiger partial charge in [0, 0.05) is 10.4 Å². The standard InChI is InChI=1S/C35H74N.H2O4S/c1-5-9-11-13-15-17-19-20-21-22-23-24-26-28-30-32-35-36(8-4,33-7-3)34-31-29-27-25-18-16-14-12-10-6-2;1-5(2,3)4/h5-35H2,1-4H3;(H2,1,2,3,4)/q+1;/p-2. The van der Waals surface area contributed by atoms with Crippen molar-refractivity contribution in [1.29, 1.82) is 0 Å². The summed E-state index contributed by atoms with van der Waals surface area (Å²) in [5, 5.41) is 0. The molecule has 0 aromatic rings. The average Bonchev–Trinajstić information content (AvgIpc) is 2.92. The van der Waals surface area contributed by atoms with Gasteiger partial charge < -0.3 is 13.6 Å². The summed E-state index contributed by atoms with van der Waals surface area (Å²) >= 11 is 0. The van der Waals surface area contributed by atoms with Crippen LogP contribution >= 0.6 is 0 Å². The van der Waals surface area contributed by atoms with Crippen LogP contribution in [-0.2, 0) is 10.4 Å². The highest BCUT2D eigenvalue weighted by Crippen LogP contribution is 2.18. The van der Waals surface area contributed by atoms with Gasteiger partial charge in [0.15, 0.2) is 0 Å². The zero-order valence-electron chi connectivity index (χ0n) is 28.4. The van der Waals surface area contributed by atoms with E-state index in [1.807, 2.05) is 0 Å². The second-order valence-corrected chi connectivity index (χ2v) is 13.5. The van der Waals surface area contributed by atoms with Crippen LogP contribution in [0.2, 0.25) is 0 Å². The largest absolute Gasteiger partial charge is 0.759 e. The molecular weight excluding hydrogens is 530 g/mol. The van der Waals surface area contributed by atoms with Gasteiger partial charge in [0.2, 0.25) is 0 Å². The molecule has 1 unspecified atom stereocenters. The predicted molar refractivity (Wildman–Crippen MR) is 178 cm³/mol. The minimum absolute atomic E-state index is 1.35. The zero-order valence-corrected chi connectivity index (χ0v) is 29.2. The number of unbranched alkanes of at least 4 members (excludes halogenated alkanes) is 24. The van der Waals surface area contributed by atoms with Gasteiger partial charge in [0.05, 0.1) is 26.2 Å². The van der Waals surface area contributed by atoms with Gasteiger partial charge in [-0.2, -0.15) is 0 Å². The number of nitrogens with zero attached hydrogens (tertiary/aromatic N) is 1. The fourth-order valence-electron chi connectivity index (χ4n) is 6.21. The molecule has 0 rings (SSSR count). The molecule has 0 fully saturated rings. The molecule has 0 N–H and O–H groups in total. The average molecular weight is 605 g/mol. The molecule has 0 spiro atoms. The molecule has 0 aromatic carbocycles. The quantitative estimate of drug-likeness (QED) is 0.0341. The van der Waals surface area contributed by atoms with Crippen LogP contribution in [0.15, 0.2) is 0 Å². The number of hydrogen-bond donors (Lipinski definition) is 0. The Morgan fingerprint density at radius 1 is 0.366 bits per heavy atom. The van der Waals surface area contributed by atoms with Crippen molar-refractivity contribution in [2.45, 2.75) is 201 Å². The third-order valence-electron chi connectivity index (χ3n) is 8.84. The van der Waals surface area contributed by atoms with Crippen molar-refractivity contribution in [2.75, 3.05) is 26.2 Å². The summed E-state index contributed by atoms with van der Waals surface area (Å²) in [7, 11) is -5.17. The smallest absolute Gasteiger partial charge is 0.0786 e. The third-order valence-corrected chi connectivity index (χ3v) is 8.84. The molecule has 0 radical (unpaired) electrons. The Kier molecular flexibility index (Phi) is 34.3. The van der Waals surface area contributed by atoms with E-state index in [9.17, 15) is 0 Å². The van der Waals surface area contributed by atoms with E-state index in [4.69, 9.17) is 17.5 Å². The second-order valence-electron chi connectivity index (χ2n) is 12.7. The first-order valence-corrected chi connectivity index (χ1v) is 19.6. The van der Waals surface area contributed by atoms with Crippen molar-refractivity contribution in [3.05, 3.63) is 0 Å². The molecule has 41 heavy (non-hydrogen) atoms. The van der Waals surface area contributed by atoms with E-state index in [0.29, 0.717) is 0 Å². The van der Waals surface area contributed by atoms with E-state index >= 15 is 0 Å². The maximum absolute atomic E-state index is 8.52. The zero-order chi connectivity index (χ0) is 30.9. The first kappa shape index (κ1) is 43.0. The monoisotopic (exact) mass is 605 g/mol. The van der Waals surface area contributed by atoms with Crippen molar-refractivity contribution in [3.63, 3.8) is 0 Å². The lowest BCUT2D eigenvalue weighted by Crippen LogP contribution is -2.49. The SMILES string of the molecule is CCCCCCCCCCCCCCCCCC[N+](CC)(CCC)CCCCCCCCCCCC.O=S(=O)([O-])[O-]. The summed E-state index contributed by atoms with van der Waals surface area (Å²) in [6, 6.07) is 0. The van der Waals surface area contributed by atoms with Gasteiger partial charge >= 0.3 is 0 Å². The van der Waals surface area contributed by atoms with Gasteiger partial charge in [0.1, 0.15) is 0 Å². The molecule has 0 aliphatic heterocycles. The van der Waals surface area contributed by atoms with Crippen LogP contribution in [0.5, 0.6) is 0 Å². The highest BCUT2D eigenvalue weighted by atomic mass is 32.3. The molecule has 0 saturated carbocycles. The minimum atomic E-state index is -5.17. The summed E-state index contributed by atoms with van der Waals surface area (Å²) in [6.45, 7) is 15.1. The normalized spacial score (nSPS) is 13.1. The molecule has 0 aliphatic carbocycles. The van der Waals surface area contributed by atoms with Crippen LogP contribution in [0.1, 0.15) is 201 Å². The van der Waals surface area contributed by atoms with Crippen molar-refractivity contribution < 1.29 is 22.0 Å². The maximum atomic E-state index is 8.52. The van der Waals surface area contributed by atoms with Gasteiger partial charge in [-0.3, -0.25) is 8.42 Å². The minimum Gasteiger partial charge on any atom is -0.759 e. The molecule has 5 nitrogen and oxygen atoms in total. The molecule has 6 heteroatoms. The van der Waals surface area contributed by atoms with E-state index in [1.54, 1.807) is 0 Å². The Bertz CT molecular complexity index is 591. The Balaban J connectivity index is 0. The number of rotatable bonds is 31. The van der Waals surface area contributed by atoms with E-state index in [0.717, 1.165) is 0 Å². The van der Waals surface area contributed by atoms with E-state index in [2.05, 4.69) is 27.7 Å². The van der Waals surface area contributed by atoms with Crippen molar-refractivity contribution in [3.8, 4) is 0 Å². The van der Waals surface area contributed by atoms with Crippen LogP contribution in [0.25, 0.3) is 0 Å². The highest BCUT2D eigenvalue weighted by Gasteiger charge is 2.23. The van der Waals surface area contributed by atoms with Crippen LogP contribution in [0, 0.1) is 0 Å². The number of hydrogen-bond acceptors (Lipinski definition) is 4. The highest BCUT2D eigenvalue weighted by molar-refractivity contribution is 7.79. The number of quaternary nitrogens is 1. The second kappa shape index (κ2) is 32.7. The Hall–Kier alpha value is -0.170. The lowest BCUT2D eigenvalue weighted by atomic mass is 10.0. The Morgan fingerprint density at radius 2 is 0.585 bits per heavy atom. The van der Waals surface area contributed by atoms with Crippen molar-refractivity contribution >= 4 is 10.4 Å². The van der Waals surface area contributed by atoms with Crippen LogP contribution in [-0.4, -0.2) is 48.2 Å². The summed E-state index contributed by atoms with van der Waals surface area (Å²) in [6.07, 6.45) is 39.5. The lowest BCUT2D eigenvalue weighted by Gasteiger charge is -2.38. The van der Waals surface area contributed by atoms with Gasteiger partial charge in [0.25, 0.3) is 0 Å². The van der Waals surface area contributed by atoms with Gasteiger partial charge in [-0.05, 0) is 39.0 Å². The molecule has 0 saturated heterocycles. The molecule has 0 bridgehead atoms. The Labute approximate surface area is 259 Å². The molecule has 250 valence electrons. The first-order chi connectivity index (χ1) is 19.7. The summed E-state index contributed by atoms with van der Waals surface area (Å²) in [5.41, 5.74) is 0. The predicted octanol–water partition coefficient (Wildman–Crippen LogP) is 11.1. The summed E-state index contributed by atoms with van der Waals surface area (Å²) in [5.74, 6) is 0. The van der Waals surface area contributed by atoms with Crippen LogP contribution in [0.3, 0.4) is 0 Å². The maximum Gasteiger partial charge on any atom is 0.0786 e. The molecular formula is C35H74NO4S-. The molecule has 0 heterocycles. The lowest BCUT2D eigenvalue weighted by molar-refractivity contribution is -0.927. The molecule has 0 amide bonds. The van der Waals surface area contributed by atoms with Crippen molar-refractivity contribution in [2.24, 2.45) is 0 Å². The summed E-state index contributed by atoms with van der Waals surface area (Å²) < 4.78 is 35.5. The topological polar surface area (TPSA) is 80.3 Å². The molecule has 1 atom stereocenters. The molecule has 0 aliphatic rings. The first-order valence-electron chi connectivity index (χ1n) is 18.3. The van der Waals surface area contributed by atoms with Gasteiger partial charge in [-0.1, -0.05) is 162 Å². The van der Waals surface area contributed by atoms with Crippen LogP contribution in [0.4, 0.5) is 0 Å². The van der Waals surface area contributed by atoms with Gasteiger partial charge in [-0.25, -0.2) is 0 Å². The van der Waals surface area contributed by atoms with E-state index in [-0.39, 0.29) is 0 Å².